The first kappa shape index (κ1) is 15.5. The monoisotopic (exact) mass is 267 g/mol. The summed E-state index contributed by atoms with van der Waals surface area (Å²) in [7, 11) is 2.16. The average molecular weight is 267 g/mol. The van der Waals surface area contributed by atoms with Crippen molar-refractivity contribution in [2.75, 3.05) is 19.1 Å². The predicted octanol–water partition coefficient (Wildman–Crippen LogP) is 2.54. The molecule has 1 rings (SSSR count). The maximum absolute atomic E-state index is 6.17. The molecule has 0 aliphatic rings. The Labute approximate surface area is 115 Å². The zero-order valence-corrected chi connectivity index (χ0v) is 12.7. The third-order valence-corrected chi connectivity index (χ3v) is 4.05. The largest absolute Gasteiger partial charge is 0.326 e. The highest BCUT2D eigenvalue weighted by atomic mass is 32.2. The lowest BCUT2D eigenvalue weighted by molar-refractivity contribution is 0.161. The molecule has 1 aromatic rings. The summed E-state index contributed by atoms with van der Waals surface area (Å²) in [5, 5.41) is 0. The standard InChI is InChI=1S/C14H25N3S/c1-5-12(10-18-4)17(3)14(11(2)15)13-8-6-7-9-16-13/h6-9,11-12,14H,5,10,15H2,1-4H3. The van der Waals surface area contributed by atoms with Gasteiger partial charge in [-0.2, -0.15) is 11.8 Å². The van der Waals surface area contributed by atoms with Crippen molar-refractivity contribution in [1.29, 1.82) is 0 Å². The van der Waals surface area contributed by atoms with Crippen molar-refractivity contribution in [3.63, 3.8) is 0 Å². The minimum atomic E-state index is 0.0702. The van der Waals surface area contributed by atoms with Crippen molar-refractivity contribution in [2.24, 2.45) is 5.73 Å². The van der Waals surface area contributed by atoms with Crippen molar-refractivity contribution < 1.29 is 0 Å². The lowest BCUT2D eigenvalue weighted by Gasteiger charge is -2.36. The van der Waals surface area contributed by atoms with Crippen LogP contribution < -0.4 is 5.73 Å². The number of likely N-dealkylation sites (N-methyl/N-ethyl adjacent to an activating group) is 1. The Hall–Kier alpha value is -0.580. The van der Waals surface area contributed by atoms with Gasteiger partial charge in [0.15, 0.2) is 0 Å². The van der Waals surface area contributed by atoms with Crippen molar-refractivity contribution >= 4 is 11.8 Å². The number of hydrogen-bond donors (Lipinski definition) is 1. The summed E-state index contributed by atoms with van der Waals surface area (Å²) in [6.07, 6.45) is 5.12. The Bertz CT molecular complexity index is 329. The van der Waals surface area contributed by atoms with Crippen LogP contribution in [-0.2, 0) is 0 Å². The Morgan fingerprint density at radius 2 is 2.17 bits per heavy atom. The van der Waals surface area contributed by atoms with Crippen molar-refractivity contribution in [3.8, 4) is 0 Å². The van der Waals surface area contributed by atoms with Crippen LogP contribution >= 0.6 is 11.8 Å². The highest BCUT2D eigenvalue weighted by molar-refractivity contribution is 7.98. The second-order valence-electron chi connectivity index (χ2n) is 4.74. The fourth-order valence-electron chi connectivity index (χ4n) is 2.34. The number of rotatable bonds is 7. The van der Waals surface area contributed by atoms with E-state index >= 15 is 0 Å². The molecule has 3 nitrogen and oxygen atoms in total. The second-order valence-corrected chi connectivity index (χ2v) is 5.65. The number of nitrogens with two attached hydrogens (primary N) is 1. The van der Waals surface area contributed by atoms with E-state index in [0.29, 0.717) is 6.04 Å². The molecule has 2 N–H and O–H groups in total. The summed E-state index contributed by atoms with van der Waals surface area (Å²) >= 11 is 1.88. The third-order valence-electron chi connectivity index (χ3n) is 3.33. The van der Waals surface area contributed by atoms with Crippen LogP contribution in [0.3, 0.4) is 0 Å². The first-order valence-corrected chi connectivity index (χ1v) is 7.88. The molecule has 0 fully saturated rings. The van der Waals surface area contributed by atoms with Crippen LogP contribution in [0.2, 0.25) is 0 Å². The third kappa shape index (κ3) is 3.97. The molecule has 0 bridgehead atoms. The Morgan fingerprint density at radius 1 is 1.44 bits per heavy atom. The molecule has 0 saturated carbocycles. The van der Waals surface area contributed by atoms with E-state index in [1.165, 1.54) is 0 Å². The minimum absolute atomic E-state index is 0.0702. The van der Waals surface area contributed by atoms with Crippen LogP contribution in [0, 0.1) is 0 Å². The van der Waals surface area contributed by atoms with Gasteiger partial charge in [0.2, 0.25) is 0 Å². The Kier molecular flexibility index (Phi) is 6.68. The van der Waals surface area contributed by atoms with Gasteiger partial charge in [0.05, 0.1) is 11.7 Å². The molecular formula is C14H25N3S. The number of thioether (sulfide) groups is 1. The van der Waals surface area contributed by atoms with Crippen LogP contribution in [0.15, 0.2) is 24.4 Å². The van der Waals surface area contributed by atoms with E-state index in [2.05, 4.69) is 43.1 Å². The molecule has 0 amide bonds. The molecule has 3 atom stereocenters. The van der Waals surface area contributed by atoms with Crippen LogP contribution in [0.4, 0.5) is 0 Å². The fraction of sp³-hybridized carbons (Fsp3) is 0.643. The molecule has 0 aliphatic heterocycles. The Balaban J connectivity index is 2.91. The molecule has 0 saturated heterocycles. The molecule has 4 heteroatoms. The van der Waals surface area contributed by atoms with E-state index < -0.39 is 0 Å². The van der Waals surface area contributed by atoms with Gasteiger partial charge < -0.3 is 5.73 Å². The summed E-state index contributed by atoms with van der Waals surface area (Å²) in [6.45, 7) is 4.29. The molecule has 102 valence electrons. The summed E-state index contributed by atoms with van der Waals surface area (Å²) in [6, 6.07) is 6.83. The molecule has 0 aromatic carbocycles. The maximum Gasteiger partial charge on any atom is 0.0671 e. The Morgan fingerprint density at radius 3 is 2.61 bits per heavy atom. The first-order valence-electron chi connectivity index (χ1n) is 6.49. The SMILES string of the molecule is CCC(CSC)N(C)C(c1ccccn1)C(C)N. The molecule has 1 heterocycles. The zero-order valence-electron chi connectivity index (χ0n) is 11.8. The van der Waals surface area contributed by atoms with Crippen molar-refractivity contribution in [2.45, 2.75) is 38.4 Å². The van der Waals surface area contributed by atoms with Gasteiger partial charge in [0.1, 0.15) is 0 Å². The normalized spacial score (nSPS) is 16.6. The van der Waals surface area contributed by atoms with E-state index in [0.717, 1.165) is 17.9 Å². The second kappa shape index (κ2) is 7.77. The number of aromatic nitrogens is 1. The van der Waals surface area contributed by atoms with E-state index in [-0.39, 0.29) is 12.1 Å². The van der Waals surface area contributed by atoms with E-state index in [1.807, 2.05) is 30.1 Å². The summed E-state index contributed by atoms with van der Waals surface area (Å²) in [5.74, 6) is 1.13. The van der Waals surface area contributed by atoms with Gasteiger partial charge in [-0.1, -0.05) is 13.0 Å². The maximum atomic E-state index is 6.17. The summed E-state index contributed by atoms with van der Waals surface area (Å²) in [4.78, 5) is 6.85. The quantitative estimate of drug-likeness (QED) is 0.824. The van der Waals surface area contributed by atoms with Crippen LogP contribution in [-0.4, -0.2) is 41.0 Å². The van der Waals surface area contributed by atoms with Gasteiger partial charge >= 0.3 is 0 Å². The van der Waals surface area contributed by atoms with Crippen LogP contribution in [0.1, 0.15) is 32.0 Å². The van der Waals surface area contributed by atoms with Crippen molar-refractivity contribution in [3.05, 3.63) is 30.1 Å². The smallest absolute Gasteiger partial charge is 0.0671 e. The van der Waals surface area contributed by atoms with Crippen molar-refractivity contribution in [1.82, 2.24) is 9.88 Å². The number of hydrogen-bond acceptors (Lipinski definition) is 4. The number of nitrogens with zero attached hydrogens (tertiary/aromatic N) is 2. The van der Waals surface area contributed by atoms with E-state index in [1.54, 1.807) is 0 Å². The van der Waals surface area contributed by atoms with Gasteiger partial charge in [-0.3, -0.25) is 9.88 Å². The van der Waals surface area contributed by atoms with Crippen LogP contribution in [0.5, 0.6) is 0 Å². The predicted molar refractivity (Wildman–Crippen MR) is 80.9 cm³/mol. The highest BCUT2D eigenvalue weighted by Crippen LogP contribution is 2.24. The topological polar surface area (TPSA) is 42.2 Å². The molecule has 0 aliphatic carbocycles. The van der Waals surface area contributed by atoms with E-state index in [4.69, 9.17) is 5.73 Å². The number of pyridine rings is 1. The fourth-order valence-corrected chi connectivity index (χ4v) is 3.20. The van der Waals surface area contributed by atoms with Gasteiger partial charge in [0, 0.05) is 24.0 Å². The van der Waals surface area contributed by atoms with Gasteiger partial charge in [-0.15, -0.1) is 0 Å². The summed E-state index contributed by atoms with van der Waals surface area (Å²) < 4.78 is 0. The first-order chi connectivity index (χ1) is 8.61. The zero-order chi connectivity index (χ0) is 13.5. The lowest BCUT2D eigenvalue weighted by atomic mass is 10.0. The molecule has 1 aromatic heterocycles. The average Bonchev–Trinajstić information content (AvgIpc) is 2.36. The van der Waals surface area contributed by atoms with Crippen LogP contribution in [0.25, 0.3) is 0 Å². The van der Waals surface area contributed by atoms with Gasteiger partial charge in [-0.05, 0) is 38.8 Å². The molecule has 3 unspecified atom stereocenters. The molecule has 18 heavy (non-hydrogen) atoms. The lowest BCUT2D eigenvalue weighted by Crippen LogP contribution is -2.44. The molecular weight excluding hydrogens is 242 g/mol. The van der Waals surface area contributed by atoms with Gasteiger partial charge in [0.25, 0.3) is 0 Å². The summed E-state index contributed by atoms with van der Waals surface area (Å²) in [5.41, 5.74) is 7.23. The minimum Gasteiger partial charge on any atom is -0.326 e. The highest BCUT2D eigenvalue weighted by Gasteiger charge is 2.26. The molecule has 0 radical (unpaired) electrons. The van der Waals surface area contributed by atoms with Gasteiger partial charge in [-0.25, -0.2) is 0 Å². The van der Waals surface area contributed by atoms with E-state index in [9.17, 15) is 0 Å². The molecule has 0 spiro atoms.